The number of pyridine rings is 1. The van der Waals surface area contributed by atoms with Gasteiger partial charge in [-0.3, -0.25) is 4.79 Å². The molecule has 110 valence electrons. The van der Waals surface area contributed by atoms with Gasteiger partial charge < -0.3 is 15.2 Å². The van der Waals surface area contributed by atoms with Gasteiger partial charge in [0.25, 0.3) is 5.91 Å². The quantitative estimate of drug-likeness (QED) is 0.842. The van der Waals surface area contributed by atoms with E-state index in [0.29, 0.717) is 17.9 Å². The van der Waals surface area contributed by atoms with Crippen LogP contribution in [0.15, 0.2) is 48.7 Å². The minimum Gasteiger partial charge on any atom is -0.481 e. The summed E-state index contributed by atoms with van der Waals surface area (Å²) in [5.74, 6) is 0.190. The van der Waals surface area contributed by atoms with Crippen LogP contribution in [0.25, 0.3) is 0 Å². The minimum atomic E-state index is -0.331. The lowest BCUT2D eigenvalue weighted by molar-refractivity contribution is 0.0916. The second kappa shape index (κ2) is 7.40. The molecule has 0 saturated heterocycles. The fourth-order valence-electron chi connectivity index (χ4n) is 1.96. The number of nitrogens with zero attached hydrogens (tertiary/aromatic N) is 1. The van der Waals surface area contributed by atoms with Gasteiger partial charge in [-0.15, -0.1) is 0 Å². The molecule has 2 N–H and O–H groups in total. The molecule has 1 amide bonds. The standard InChI is InChI=1S/C16H18N2O3/c1-21-15-8-7-13(10-17-15)16(20)18-14(11-19)9-12-5-3-2-4-6-12/h2-8,10,14,19H,9,11H2,1H3,(H,18,20). The van der Waals surface area contributed by atoms with E-state index in [9.17, 15) is 9.90 Å². The summed E-state index contributed by atoms with van der Waals surface area (Å²) in [6, 6.07) is 12.6. The molecular formula is C16H18N2O3. The minimum absolute atomic E-state index is 0.121. The number of amides is 1. The van der Waals surface area contributed by atoms with Crippen molar-refractivity contribution >= 4 is 5.91 Å². The van der Waals surface area contributed by atoms with E-state index in [-0.39, 0.29) is 18.6 Å². The SMILES string of the molecule is COc1ccc(C(=O)NC(CO)Cc2ccccc2)cn1. The fraction of sp³-hybridized carbons (Fsp3) is 0.250. The van der Waals surface area contributed by atoms with Gasteiger partial charge in [0.1, 0.15) is 0 Å². The molecule has 0 spiro atoms. The largest absolute Gasteiger partial charge is 0.481 e. The number of hydrogen-bond donors (Lipinski definition) is 2. The zero-order valence-electron chi connectivity index (χ0n) is 11.8. The average molecular weight is 286 g/mol. The Kier molecular flexibility index (Phi) is 5.29. The molecule has 1 aromatic carbocycles. The molecule has 1 atom stereocenters. The number of aliphatic hydroxyl groups excluding tert-OH is 1. The Morgan fingerprint density at radius 2 is 2.05 bits per heavy atom. The number of ether oxygens (including phenoxy) is 1. The van der Waals surface area contributed by atoms with Crippen molar-refractivity contribution in [1.29, 1.82) is 0 Å². The summed E-state index contributed by atoms with van der Waals surface area (Å²) in [6.45, 7) is -0.121. The van der Waals surface area contributed by atoms with Crippen molar-refractivity contribution in [1.82, 2.24) is 10.3 Å². The maximum atomic E-state index is 12.1. The number of benzene rings is 1. The zero-order chi connectivity index (χ0) is 15.1. The van der Waals surface area contributed by atoms with Gasteiger partial charge in [0.05, 0.1) is 25.3 Å². The van der Waals surface area contributed by atoms with E-state index in [0.717, 1.165) is 5.56 Å². The van der Waals surface area contributed by atoms with E-state index in [2.05, 4.69) is 10.3 Å². The van der Waals surface area contributed by atoms with E-state index in [1.54, 1.807) is 12.1 Å². The Labute approximate surface area is 123 Å². The summed E-state index contributed by atoms with van der Waals surface area (Å²) in [5, 5.41) is 12.2. The molecule has 0 aliphatic rings. The van der Waals surface area contributed by atoms with Gasteiger partial charge in [0.15, 0.2) is 0 Å². The maximum absolute atomic E-state index is 12.1. The predicted molar refractivity (Wildman–Crippen MR) is 79.3 cm³/mol. The highest BCUT2D eigenvalue weighted by molar-refractivity contribution is 5.94. The van der Waals surface area contributed by atoms with Crippen molar-refractivity contribution < 1.29 is 14.6 Å². The second-order valence-corrected chi connectivity index (χ2v) is 4.63. The van der Waals surface area contributed by atoms with Crippen LogP contribution in [0.2, 0.25) is 0 Å². The van der Waals surface area contributed by atoms with E-state index in [4.69, 9.17) is 4.74 Å². The van der Waals surface area contributed by atoms with Crippen molar-refractivity contribution in [2.75, 3.05) is 13.7 Å². The first-order valence-corrected chi connectivity index (χ1v) is 6.68. The molecule has 0 bridgehead atoms. The summed E-state index contributed by atoms with van der Waals surface area (Å²) >= 11 is 0. The third kappa shape index (κ3) is 4.29. The van der Waals surface area contributed by atoms with Crippen LogP contribution in [0.4, 0.5) is 0 Å². The van der Waals surface area contributed by atoms with Gasteiger partial charge in [-0.05, 0) is 18.1 Å². The first-order chi connectivity index (χ1) is 10.2. The number of hydrogen-bond acceptors (Lipinski definition) is 4. The maximum Gasteiger partial charge on any atom is 0.253 e. The van der Waals surface area contributed by atoms with Crippen LogP contribution in [0.1, 0.15) is 15.9 Å². The van der Waals surface area contributed by atoms with Crippen LogP contribution >= 0.6 is 0 Å². The Morgan fingerprint density at radius 1 is 1.29 bits per heavy atom. The van der Waals surface area contributed by atoms with Gasteiger partial charge in [-0.25, -0.2) is 4.98 Å². The number of nitrogens with one attached hydrogen (secondary N) is 1. The Morgan fingerprint density at radius 3 is 2.62 bits per heavy atom. The van der Waals surface area contributed by atoms with Crippen LogP contribution < -0.4 is 10.1 Å². The molecule has 0 radical (unpaired) electrons. The highest BCUT2D eigenvalue weighted by Crippen LogP contribution is 2.08. The van der Waals surface area contributed by atoms with Gasteiger partial charge >= 0.3 is 0 Å². The van der Waals surface area contributed by atoms with Crippen LogP contribution in [0, 0.1) is 0 Å². The third-order valence-corrected chi connectivity index (χ3v) is 3.09. The molecule has 0 aliphatic carbocycles. The number of aromatic nitrogens is 1. The predicted octanol–water partition coefficient (Wildman–Crippen LogP) is 1.42. The summed E-state index contributed by atoms with van der Waals surface area (Å²) in [5.41, 5.74) is 1.49. The van der Waals surface area contributed by atoms with Crippen molar-refractivity contribution in [2.45, 2.75) is 12.5 Å². The van der Waals surface area contributed by atoms with Gasteiger partial charge in [0.2, 0.25) is 5.88 Å². The Hall–Kier alpha value is -2.40. The number of aliphatic hydroxyl groups is 1. The Balaban J connectivity index is 1.98. The molecule has 5 heteroatoms. The van der Waals surface area contributed by atoms with Crippen LogP contribution in [0.5, 0.6) is 5.88 Å². The summed E-state index contributed by atoms with van der Waals surface area (Å²) in [7, 11) is 1.52. The molecule has 0 fully saturated rings. The first-order valence-electron chi connectivity index (χ1n) is 6.68. The fourth-order valence-corrected chi connectivity index (χ4v) is 1.96. The molecular weight excluding hydrogens is 268 g/mol. The smallest absolute Gasteiger partial charge is 0.253 e. The molecule has 1 aromatic heterocycles. The molecule has 1 heterocycles. The van der Waals surface area contributed by atoms with Crippen LogP contribution in [0.3, 0.4) is 0 Å². The number of carbonyl (C=O) groups is 1. The lowest BCUT2D eigenvalue weighted by Gasteiger charge is -2.16. The zero-order valence-corrected chi connectivity index (χ0v) is 11.8. The van der Waals surface area contributed by atoms with Gasteiger partial charge in [-0.1, -0.05) is 30.3 Å². The number of carbonyl (C=O) groups excluding carboxylic acids is 1. The highest BCUT2D eigenvalue weighted by atomic mass is 16.5. The number of methoxy groups -OCH3 is 1. The van der Waals surface area contributed by atoms with E-state index < -0.39 is 0 Å². The highest BCUT2D eigenvalue weighted by Gasteiger charge is 2.14. The summed E-state index contributed by atoms with van der Waals surface area (Å²) in [4.78, 5) is 16.1. The summed E-state index contributed by atoms with van der Waals surface area (Å²) in [6.07, 6.45) is 2.03. The van der Waals surface area contributed by atoms with Crippen molar-refractivity contribution in [3.05, 3.63) is 59.8 Å². The average Bonchev–Trinajstić information content (AvgIpc) is 2.55. The topological polar surface area (TPSA) is 71.5 Å². The van der Waals surface area contributed by atoms with E-state index in [1.807, 2.05) is 30.3 Å². The normalized spacial score (nSPS) is 11.7. The van der Waals surface area contributed by atoms with Crippen molar-refractivity contribution in [3.8, 4) is 5.88 Å². The molecule has 0 aliphatic heterocycles. The van der Waals surface area contributed by atoms with Crippen molar-refractivity contribution in [3.63, 3.8) is 0 Å². The molecule has 2 aromatic rings. The number of rotatable bonds is 6. The van der Waals surface area contributed by atoms with Crippen LogP contribution in [-0.4, -0.2) is 35.8 Å². The second-order valence-electron chi connectivity index (χ2n) is 4.63. The monoisotopic (exact) mass is 286 g/mol. The van der Waals surface area contributed by atoms with E-state index >= 15 is 0 Å². The van der Waals surface area contributed by atoms with Gasteiger partial charge in [-0.2, -0.15) is 0 Å². The van der Waals surface area contributed by atoms with Crippen LogP contribution in [-0.2, 0) is 6.42 Å². The lowest BCUT2D eigenvalue weighted by atomic mass is 10.1. The lowest BCUT2D eigenvalue weighted by Crippen LogP contribution is -2.39. The van der Waals surface area contributed by atoms with Gasteiger partial charge in [0, 0.05) is 12.3 Å². The molecule has 2 rings (SSSR count). The summed E-state index contributed by atoms with van der Waals surface area (Å²) < 4.78 is 4.95. The molecule has 1 unspecified atom stereocenters. The Bertz CT molecular complexity index is 570. The molecule has 21 heavy (non-hydrogen) atoms. The first kappa shape index (κ1) is 15.0. The molecule has 5 nitrogen and oxygen atoms in total. The van der Waals surface area contributed by atoms with E-state index in [1.165, 1.54) is 13.3 Å². The third-order valence-electron chi connectivity index (χ3n) is 3.09. The molecule has 0 saturated carbocycles. The van der Waals surface area contributed by atoms with Crippen molar-refractivity contribution in [2.24, 2.45) is 0 Å².